The topological polar surface area (TPSA) is 15.3 Å². The Morgan fingerprint density at radius 3 is 2.67 bits per heavy atom. The number of nitrogens with zero attached hydrogens (tertiary/aromatic N) is 1. The molecule has 2 rings (SSSR count). The third-order valence-electron chi connectivity index (χ3n) is 3.98. The summed E-state index contributed by atoms with van der Waals surface area (Å²) in [7, 11) is 1.99. The molecular weight excluding hydrogens is 227 g/mol. The zero-order valence-electron chi connectivity index (χ0n) is 11.5. The highest BCUT2D eigenvalue weighted by molar-refractivity contribution is 5.22. The summed E-state index contributed by atoms with van der Waals surface area (Å²) in [6.07, 6.45) is 2.12. The second kappa shape index (κ2) is 5.81. The van der Waals surface area contributed by atoms with E-state index in [4.69, 9.17) is 0 Å². The Morgan fingerprint density at radius 1 is 1.33 bits per heavy atom. The van der Waals surface area contributed by atoms with Crippen molar-refractivity contribution in [1.29, 1.82) is 0 Å². The molecule has 18 heavy (non-hydrogen) atoms. The van der Waals surface area contributed by atoms with E-state index in [9.17, 15) is 4.39 Å². The molecule has 0 aromatic heterocycles. The Labute approximate surface area is 109 Å². The van der Waals surface area contributed by atoms with Gasteiger partial charge in [-0.25, -0.2) is 4.39 Å². The molecule has 1 aliphatic rings. The number of nitrogens with one attached hydrogen (secondary N) is 1. The van der Waals surface area contributed by atoms with E-state index < -0.39 is 0 Å². The van der Waals surface area contributed by atoms with E-state index in [2.05, 4.69) is 24.1 Å². The minimum Gasteiger partial charge on any atom is -0.317 e. The first-order chi connectivity index (χ1) is 8.63. The van der Waals surface area contributed by atoms with Crippen LogP contribution < -0.4 is 5.32 Å². The largest absolute Gasteiger partial charge is 0.317 e. The second-order valence-electron chi connectivity index (χ2n) is 5.38. The minimum atomic E-state index is -0.0788. The lowest BCUT2D eigenvalue weighted by Crippen LogP contribution is -2.46. The van der Waals surface area contributed by atoms with Crippen LogP contribution in [0, 0.1) is 5.82 Å². The van der Waals surface area contributed by atoms with Crippen LogP contribution in [0.15, 0.2) is 24.3 Å². The Bertz CT molecular complexity index is 392. The quantitative estimate of drug-likeness (QED) is 0.887. The summed E-state index contributed by atoms with van der Waals surface area (Å²) in [4.78, 5) is 2.41. The van der Waals surface area contributed by atoms with Crippen molar-refractivity contribution in [3.8, 4) is 0 Å². The van der Waals surface area contributed by atoms with Gasteiger partial charge in [-0.05, 0) is 39.8 Å². The Balaban J connectivity index is 2.27. The van der Waals surface area contributed by atoms with Gasteiger partial charge in [0.05, 0.1) is 0 Å². The Morgan fingerprint density at radius 2 is 2.06 bits per heavy atom. The van der Waals surface area contributed by atoms with Crippen LogP contribution in [0.5, 0.6) is 0 Å². The van der Waals surface area contributed by atoms with E-state index in [-0.39, 0.29) is 11.9 Å². The number of likely N-dealkylation sites (tertiary alicyclic amines) is 1. The van der Waals surface area contributed by atoms with Gasteiger partial charge in [0.15, 0.2) is 0 Å². The molecule has 2 atom stereocenters. The van der Waals surface area contributed by atoms with Crippen molar-refractivity contribution in [2.75, 3.05) is 13.6 Å². The number of benzene rings is 1. The van der Waals surface area contributed by atoms with Gasteiger partial charge in [-0.2, -0.15) is 0 Å². The lowest BCUT2D eigenvalue weighted by molar-refractivity contribution is 0.0922. The summed E-state index contributed by atoms with van der Waals surface area (Å²) >= 11 is 0. The van der Waals surface area contributed by atoms with E-state index in [0.717, 1.165) is 24.9 Å². The average Bonchev–Trinajstić information content (AvgIpc) is 2.38. The molecule has 1 heterocycles. The first kappa shape index (κ1) is 13.5. The maximum absolute atomic E-state index is 14.0. The fourth-order valence-corrected chi connectivity index (χ4v) is 2.91. The predicted octanol–water partition coefficient (Wildman–Crippen LogP) is 2.96. The van der Waals surface area contributed by atoms with Crippen molar-refractivity contribution in [3.05, 3.63) is 35.6 Å². The van der Waals surface area contributed by atoms with E-state index >= 15 is 0 Å². The van der Waals surface area contributed by atoms with Gasteiger partial charge < -0.3 is 5.32 Å². The van der Waals surface area contributed by atoms with Crippen LogP contribution in [0.4, 0.5) is 4.39 Å². The summed E-state index contributed by atoms with van der Waals surface area (Å²) in [6, 6.07) is 8.32. The SMILES string of the molecule is CN[C@@H]1CCN(C(C)C)[C@H](c2ccccc2F)C1. The molecule has 0 aliphatic carbocycles. The first-order valence-electron chi connectivity index (χ1n) is 6.81. The van der Waals surface area contributed by atoms with E-state index in [1.54, 1.807) is 12.1 Å². The highest BCUT2D eigenvalue weighted by Crippen LogP contribution is 2.33. The summed E-state index contributed by atoms with van der Waals surface area (Å²) < 4.78 is 14.0. The molecule has 1 saturated heterocycles. The molecule has 0 unspecified atom stereocenters. The monoisotopic (exact) mass is 250 g/mol. The molecule has 0 spiro atoms. The average molecular weight is 250 g/mol. The van der Waals surface area contributed by atoms with Crippen molar-refractivity contribution in [3.63, 3.8) is 0 Å². The van der Waals surface area contributed by atoms with Crippen LogP contribution in [-0.2, 0) is 0 Å². The summed E-state index contributed by atoms with van der Waals surface area (Å²) in [5.74, 6) is -0.0788. The smallest absolute Gasteiger partial charge is 0.127 e. The predicted molar refractivity (Wildman–Crippen MR) is 73.1 cm³/mol. The third kappa shape index (κ3) is 2.73. The molecular formula is C15H23FN2. The lowest BCUT2D eigenvalue weighted by Gasteiger charge is -2.42. The molecule has 0 bridgehead atoms. The molecule has 0 saturated carbocycles. The van der Waals surface area contributed by atoms with Crippen LogP contribution >= 0.6 is 0 Å². The molecule has 1 N–H and O–H groups in total. The van der Waals surface area contributed by atoms with Crippen LogP contribution in [0.3, 0.4) is 0 Å². The van der Waals surface area contributed by atoms with Gasteiger partial charge in [-0.3, -0.25) is 4.90 Å². The van der Waals surface area contributed by atoms with Gasteiger partial charge in [-0.15, -0.1) is 0 Å². The third-order valence-corrected chi connectivity index (χ3v) is 3.98. The van der Waals surface area contributed by atoms with Crippen LogP contribution in [0.1, 0.15) is 38.3 Å². The lowest BCUT2D eigenvalue weighted by atomic mass is 9.90. The number of rotatable bonds is 3. The van der Waals surface area contributed by atoms with Crippen LogP contribution in [-0.4, -0.2) is 30.6 Å². The van der Waals surface area contributed by atoms with Crippen molar-refractivity contribution in [1.82, 2.24) is 10.2 Å². The molecule has 1 aromatic carbocycles. The van der Waals surface area contributed by atoms with Crippen LogP contribution in [0.25, 0.3) is 0 Å². The summed E-state index contributed by atoms with van der Waals surface area (Å²) in [5, 5.41) is 3.33. The Hall–Kier alpha value is -0.930. The number of hydrogen-bond donors (Lipinski definition) is 1. The van der Waals surface area contributed by atoms with Gasteiger partial charge in [0.1, 0.15) is 5.82 Å². The standard InChI is InChI=1S/C15H23FN2/c1-11(2)18-9-8-12(17-3)10-15(18)13-6-4-5-7-14(13)16/h4-7,11-12,15,17H,8-10H2,1-3H3/t12-,15+/m1/s1. The fraction of sp³-hybridized carbons (Fsp3) is 0.600. The van der Waals surface area contributed by atoms with Gasteiger partial charge in [0, 0.05) is 30.2 Å². The van der Waals surface area contributed by atoms with Gasteiger partial charge in [0.25, 0.3) is 0 Å². The highest BCUT2D eigenvalue weighted by Gasteiger charge is 2.31. The Kier molecular flexibility index (Phi) is 4.36. The van der Waals surface area contributed by atoms with E-state index in [0.29, 0.717) is 12.1 Å². The van der Waals surface area contributed by atoms with Gasteiger partial charge in [0.2, 0.25) is 0 Å². The van der Waals surface area contributed by atoms with Gasteiger partial charge >= 0.3 is 0 Å². The van der Waals surface area contributed by atoms with Crippen molar-refractivity contribution >= 4 is 0 Å². The molecule has 3 heteroatoms. The minimum absolute atomic E-state index is 0.0788. The first-order valence-corrected chi connectivity index (χ1v) is 6.81. The molecule has 0 radical (unpaired) electrons. The zero-order valence-corrected chi connectivity index (χ0v) is 11.5. The summed E-state index contributed by atoms with van der Waals surface area (Å²) in [6.45, 7) is 5.41. The van der Waals surface area contributed by atoms with E-state index in [1.807, 2.05) is 19.2 Å². The molecule has 1 aliphatic heterocycles. The maximum Gasteiger partial charge on any atom is 0.127 e. The van der Waals surface area contributed by atoms with E-state index in [1.165, 1.54) is 0 Å². The molecule has 1 fully saturated rings. The molecule has 100 valence electrons. The molecule has 2 nitrogen and oxygen atoms in total. The maximum atomic E-state index is 14.0. The second-order valence-corrected chi connectivity index (χ2v) is 5.38. The van der Waals surface area contributed by atoms with Crippen molar-refractivity contribution < 1.29 is 4.39 Å². The highest BCUT2D eigenvalue weighted by atomic mass is 19.1. The van der Waals surface area contributed by atoms with Crippen molar-refractivity contribution in [2.45, 2.75) is 44.8 Å². The number of halogens is 1. The number of piperidine rings is 1. The van der Waals surface area contributed by atoms with Crippen LogP contribution in [0.2, 0.25) is 0 Å². The molecule has 0 amide bonds. The summed E-state index contributed by atoms with van der Waals surface area (Å²) in [5.41, 5.74) is 0.839. The fourth-order valence-electron chi connectivity index (χ4n) is 2.91. The van der Waals surface area contributed by atoms with Crippen molar-refractivity contribution in [2.24, 2.45) is 0 Å². The zero-order chi connectivity index (χ0) is 13.1. The molecule has 1 aromatic rings. The normalized spacial score (nSPS) is 25.6. The number of hydrogen-bond acceptors (Lipinski definition) is 2. The van der Waals surface area contributed by atoms with Gasteiger partial charge in [-0.1, -0.05) is 18.2 Å².